The van der Waals surface area contributed by atoms with Crippen molar-refractivity contribution < 1.29 is 23.5 Å². The van der Waals surface area contributed by atoms with Crippen LogP contribution in [-0.2, 0) is 16.1 Å². The molecule has 0 atom stereocenters. The van der Waals surface area contributed by atoms with Gasteiger partial charge in [0.2, 0.25) is 5.13 Å². The van der Waals surface area contributed by atoms with Gasteiger partial charge in [-0.05, 0) is 42.0 Å². The lowest BCUT2D eigenvalue weighted by Gasteiger charge is -2.05. The second kappa shape index (κ2) is 10.3. The number of rotatable bonds is 9. The Hall–Kier alpha value is -3.37. The van der Waals surface area contributed by atoms with Crippen LogP contribution in [0.25, 0.3) is 10.8 Å². The van der Waals surface area contributed by atoms with Crippen molar-refractivity contribution in [1.29, 1.82) is 0 Å². The smallest absolute Gasteiger partial charge is 0.316 e. The second-order valence-corrected chi connectivity index (χ2v) is 8.68. The van der Waals surface area contributed by atoms with Gasteiger partial charge in [-0.15, -0.1) is 10.2 Å². The van der Waals surface area contributed by atoms with Crippen LogP contribution in [0.1, 0.15) is 23.2 Å². The number of ether oxygens (including phenoxy) is 2. The number of hydrogen-bond donors (Lipinski definition) is 1. The molecule has 4 rings (SSSR count). The third-order valence-electron chi connectivity index (χ3n) is 4.23. The predicted octanol–water partition coefficient (Wildman–Crippen LogP) is 4.77. The topological polar surface area (TPSA) is 104 Å². The van der Waals surface area contributed by atoms with Crippen molar-refractivity contribution in [1.82, 2.24) is 10.2 Å². The number of carbonyl (C=O) groups excluding carboxylic acids is 2. The van der Waals surface area contributed by atoms with E-state index in [-0.39, 0.29) is 24.1 Å². The van der Waals surface area contributed by atoms with Gasteiger partial charge in [0.15, 0.2) is 10.1 Å². The third-order valence-corrected chi connectivity index (χ3v) is 6.18. The molecule has 0 aliphatic heterocycles. The number of esters is 1. The van der Waals surface area contributed by atoms with Gasteiger partial charge in [0.05, 0.1) is 12.4 Å². The Bertz CT molecular complexity index is 1240. The molecule has 2 aromatic carbocycles. The summed E-state index contributed by atoms with van der Waals surface area (Å²) in [4.78, 5) is 23.8. The highest BCUT2D eigenvalue weighted by Gasteiger charge is 2.15. The minimum Gasteiger partial charge on any atom is -0.486 e. The molecule has 2 heterocycles. The van der Waals surface area contributed by atoms with Crippen LogP contribution in [0, 0.1) is 0 Å². The fourth-order valence-corrected chi connectivity index (χ4v) is 4.33. The molecule has 2 aromatic heterocycles. The number of anilines is 1. The van der Waals surface area contributed by atoms with Gasteiger partial charge >= 0.3 is 5.97 Å². The highest BCUT2D eigenvalue weighted by Crippen LogP contribution is 2.26. The Labute approximate surface area is 191 Å². The molecule has 4 aromatic rings. The first-order valence-corrected chi connectivity index (χ1v) is 11.5. The minimum absolute atomic E-state index is 0.134. The van der Waals surface area contributed by atoms with E-state index < -0.39 is 5.91 Å². The van der Waals surface area contributed by atoms with Gasteiger partial charge in [-0.25, -0.2) is 0 Å². The van der Waals surface area contributed by atoms with Crippen molar-refractivity contribution in [2.75, 3.05) is 17.7 Å². The maximum atomic E-state index is 12.4. The monoisotopic (exact) mass is 469 g/mol. The van der Waals surface area contributed by atoms with E-state index in [0.29, 0.717) is 27.6 Å². The fourth-order valence-electron chi connectivity index (χ4n) is 2.79. The average molecular weight is 470 g/mol. The second-order valence-electron chi connectivity index (χ2n) is 6.48. The molecule has 0 aliphatic carbocycles. The molecule has 164 valence electrons. The van der Waals surface area contributed by atoms with E-state index in [0.717, 1.165) is 10.8 Å². The molecule has 32 heavy (non-hydrogen) atoms. The molecule has 0 saturated heterocycles. The average Bonchev–Trinajstić information content (AvgIpc) is 3.46. The SMILES string of the molecule is CCOC(=O)CSc1nnc(NC(=O)c2ccc(COc3ccc4ccccc4c3)o2)s1. The van der Waals surface area contributed by atoms with E-state index in [2.05, 4.69) is 15.5 Å². The van der Waals surface area contributed by atoms with Gasteiger partial charge in [0, 0.05) is 0 Å². The van der Waals surface area contributed by atoms with E-state index in [1.54, 1.807) is 19.1 Å². The zero-order valence-corrected chi connectivity index (χ0v) is 18.7. The summed E-state index contributed by atoms with van der Waals surface area (Å²) < 4.78 is 16.8. The highest BCUT2D eigenvalue weighted by molar-refractivity contribution is 8.01. The summed E-state index contributed by atoms with van der Waals surface area (Å²) in [6, 6.07) is 17.1. The molecule has 1 amide bonds. The van der Waals surface area contributed by atoms with Crippen molar-refractivity contribution in [3.63, 3.8) is 0 Å². The van der Waals surface area contributed by atoms with E-state index in [1.807, 2.05) is 42.5 Å². The highest BCUT2D eigenvalue weighted by atomic mass is 32.2. The Kier molecular flexibility index (Phi) is 7.03. The molecule has 1 N–H and O–H groups in total. The van der Waals surface area contributed by atoms with Gasteiger partial charge in [-0.1, -0.05) is 53.4 Å². The Balaban J connectivity index is 1.30. The molecule has 10 heteroatoms. The maximum absolute atomic E-state index is 12.4. The van der Waals surface area contributed by atoms with E-state index in [1.165, 1.54) is 23.1 Å². The van der Waals surface area contributed by atoms with Crippen molar-refractivity contribution in [2.45, 2.75) is 17.9 Å². The molecule has 0 spiro atoms. The van der Waals surface area contributed by atoms with Crippen LogP contribution in [0.4, 0.5) is 5.13 Å². The molecule has 0 aliphatic rings. The maximum Gasteiger partial charge on any atom is 0.316 e. The first-order valence-electron chi connectivity index (χ1n) is 9.74. The number of hydrogen-bond acceptors (Lipinski definition) is 9. The summed E-state index contributed by atoms with van der Waals surface area (Å²) in [6.45, 7) is 2.27. The van der Waals surface area contributed by atoms with Crippen LogP contribution < -0.4 is 10.1 Å². The van der Waals surface area contributed by atoms with Gasteiger partial charge in [-0.3, -0.25) is 14.9 Å². The molecule has 0 fully saturated rings. The van der Waals surface area contributed by atoms with E-state index >= 15 is 0 Å². The van der Waals surface area contributed by atoms with Gasteiger partial charge in [0.25, 0.3) is 5.91 Å². The van der Waals surface area contributed by atoms with Gasteiger partial charge in [-0.2, -0.15) is 0 Å². The lowest BCUT2D eigenvalue weighted by Crippen LogP contribution is -2.10. The number of benzene rings is 2. The number of thioether (sulfide) groups is 1. The van der Waals surface area contributed by atoms with Crippen molar-refractivity contribution in [3.8, 4) is 5.75 Å². The van der Waals surface area contributed by atoms with Crippen LogP contribution in [-0.4, -0.2) is 34.4 Å². The van der Waals surface area contributed by atoms with Gasteiger partial charge < -0.3 is 13.9 Å². The number of nitrogens with zero attached hydrogens (tertiary/aromatic N) is 2. The van der Waals surface area contributed by atoms with Crippen LogP contribution in [0.15, 0.2) is 63.4 Å². The normalized spacial score (nSPS) is 10.8. The van der Waals surface area contributed by atoms with E-state index in [9.17, 15) is 9.59 Å². The van der Waals surface area contributed by atoms with Gasteiger partial charge in [0.1, 0.15) is 18.1 Å². The summed E-state index contributed by atoms with van der Waals surface area (Å²) in [5, 5.41) is 13.0. The summed E-state index contributed by atoms with van der Waals surface area (Å²) in [7, 11) is 0. The van der Waals surface area contributed by atoms with Crippen LogP contribution >= 0.6 is 23.1 Å². The largest absolute Gasteiger partial charge is 0.486 e. The summed E-state index contributed by atoms with van der Waals surface area (Å²) in [5.74, 6) is 0.735. The molecule has 0 saturated carbocycles. The lowest BCUT2D eigenvalue weighted by atomic mass is 10.1. The summed E-state index contributed by atoms with van der Waals surface area (Å²) >= 11 is 2.37. The molecule has 0 bridgehead atoms. The Morgan fingerprint density at radius 3 is 2.78 bits per heavy atom. The third kappa shape index (κ3) is 5.65. The number of fused-ring (bicyclic) bond motifs is 1. The zero-order valence-electron chi connectivity index (χ0n) is 17.1. The Morgan fingerprint density at radius 1 is 1.09 bits per heavy atom. The van der Waals surface area contributed by atoms with Crippen LogP contribution in [0.3, 0.4) is 0 Å². The zero-order chi connectivity index (χ0) is 22.3. The van der Waals surface area contributed by atoms with Crippen molar-refractivity contribution >= 4 is 50.9 Å². The Morgan fingerprint density at radius 2 is 1.94 bits per heavy atom. The lowest BCUT2D eigenvalue weighted by molar-refractivity contribution is -0.139. The van der Waals surface area contributed by atoms with Crippen LogP contribution in [0.2, 0.25) is 0 Å². The minimum atomic E-state index is -0.444. The molecule has 0 radical (unpaired) electrons. The van der Waals surface area contributed by atoms with E-state index in [4.69, 9.17) is 13.9 Å². The molecular formula is C22H19N3O5S2. The summed E-state index contributed by atoms with van der Waals surface area (Å²) in [5.41, 5.74) is 0. The van der Waals surface area contributed by atoms with Crippen molar-refractivity contribution in [2.24, 2.45) is 0 Å². The van der Waals surface area contributed by atoms with Crippen molar-refractivity contribution in [3.05, 3.63) is 66.1 Å². The standard InChI is InChI=1S/C22H19N3O5S2/c1-2-28-19(26)13-31-22-25-24-21(32-22)23-20(27)18-10-9-17(30-18)12-29-16-8-7-14-5-3-4-6-15(14)11-16/h3-11H,2,12-13H2,1H3,(H,23,24,27). The fraction of sp³-hybridized carbons (Fsp3) is 0.182. The predicted molar refractivity (Wildman–Crippen MR) is 122 cm³/mol. The number of carbonyl (C=O) groups is 2. The first kappa shape index (κ1) is 21.8. The number of aromatic nitrogens is 2. The molecule has 8 nitrogen and oxygen atoms in total. The number of nitrogens with one attached hydrogen (secondary N) is 1. The number of furan rings is 1. The molecular weight excluding hydrogens is 450 g/mol. The van der Waals surface area contributed by atoms with Crippen LogP contribution in [0.5, 0.6) is 5.75 Å². The quantitative estimate of drug-likeness (QED) is 0.212. The molecule has 0 unspecified atom stereocenters. The summed E-state index contributed by atoms with van der Waals surface area (Å²) in [6.07, 6.45) is 0. The number of amides is 1. The first-order chi connectivity index (χ1) is 15.6.